The van der Waals surface area contributed by atoms with Crippen LogP contribution in [-0.4, -0.2) is 0 Å². The first-order valence-corrected chi connectivity index (χ1v) is 6.68. The fourth-order valence-corrected chi connectivity index (χ4v) is 2.49. The van der Waals surface area contributed by atoms with Gasteiger partial charge in [-0.05, 0) is 38.3 Å². The van der Waals surface area contributed by atoms with Crippen molar-refractivity contribution >= 4 is 0 Å². The highest BCUT2D eigenvalue weighted by molar-refractivity contribution is 5.31. The molecule has 0 heterocycles. The average molecular weight is 254 g/mol. The summed E-state index contributed by atoms with van der Waals surface area (Å²) in [5.74, 6) is 5.72. The normalized spacial score (nSPS) is 12.4. The van der Waals surface area contributed by atoms with Crippen molar-refractivity contribution in [2.24, 2.45) is 5.84 Å². The Morgan fingerprint density at radius 1 is 0.895 bits per heavy atom. The van der Waals surface area contributed by atoms with Gasteiger partial charge in [0.15, 0.2) is 0 Å². The molecule has 2 rings (SSSR count). The minimum Gasteiger partial charge on any atom is -0.271 e. The molecular formula is C17H22N2. The lowest BCUT2D eigenvalue weighted by molar-refractivity contribution is 0.551. The molecule has 0 bridgehead atoms. The maximum atomic E-state index is 5.72. The van der Waals surface area contributed by atoms with E-state index in [1.807, 2.05) is 0 Å². The Hall–Kier alpha value is -1.64. The smallest absolute Gasteiger partial charge is 0.0500 e. The summed E-state index contributed by atoms with van der Waals surface area (Å²) in [4.78, 5) is 0. The molecule has 1 atom stereocenters. The Kier molecular flexibility index (Phi) is 4.35. The molecule has 0 saturated carbocycles. The SMILES string of the molecule is Cc1ccc(C(Cc2cc(C)cc(C)c2)NN)cc1. The van der Waals surface area contributed by atoms with E-state index in [2.05, 4.69) is 68.7 Å². The summed E-state index contributed by atoms with van der Waals surface area (Å²) in [6.45, 7) is 6.36. The van der Waals surface area contributed by atoms with Crippen molar-refractivity contribution < 1.29 is 0 Å². The van der Waals surface area contributed by atoms with Crippen LogP contribution in [-0.2, 0) is 6.42 Å². The third-order valence-electron chi connectivity index (χ3n) is 3.40. The molecule has 1 unspecified atom stereocenters. The van der Waals surface area contributed by atoms with E-state index in [1.165, 1.54) is 27.8 Å². The minimum atomic E-state index is 0.154. The van der Waals surface area contributed by atoms with Gasteiger partial charge in [-0.15, -0.1) is 0 Å². The van der Waals surface area contributed by atoms with Crippen molar-refractivity contribution in [3.8, 4) is 0 Å². The predicted octanol–water partition coefficient (Wildman–Crippen LogP) is 3.36. The number of nitrogens with two attached hydrogens (primary N) is 1. The topological polar surface area (TPSA) is 38.0 Å². The van der Waals surface area contributed by atoms with Gasteiger partial charge in [-0.3, -0.25) is 11.3 Å². The van der Waals surface area contributed by atoms with Crippen molar-refractivity contribution in [1.82, 2.24) is 5.43 Å². The van der Waals surface area contributed by atoms with Gasteiger partial charge in [0.05, 0.1) is 0 Å². The van der Waals surface area contributed by atoms with Crippen LogP contribution in [0.1, 0.15) is 33.9 Å². The van der Waals surface area contributed by atoms with Crippen molar-refractivity contribution in [1.29, 1.82) is 0 Å². The quantitative estimate of drug-likeness (QED) is 0.648. The van der Waals surface area contributed by atoms with Gasteiger partial charge in [-0.1, -0.05) is 59.2 Å². The lowest BCUT2D eigenvalue weighted by Crippen LogP contribution is -2.29. The van der Waals surface area contributed by atoms with Gasteiger partial charge in [-0.25, -0.2) is 0 Å². The van der Waals surface area contributed by atoms with Crippen LogP contribution in [0.3, 0.4) is 0 Å². The Morgan fingerprint density at radius 3 is 2.00 bits per heavy atom. The predicted molar refractivity (Wildman–Crippen MR) is 80.9 cm³/mol. The molecule has 19 heavy (non-hydrogen) atoms. The molecule has 100 valence electrons. The maximum Gasteiger partial charge on any atom is 0.0500 e. The molecule has 2 aromatic carbocycles. The van der Waals surface area contributed by atoms with E-state index in [0.717, 1.165) is 6.42 Å². The van der Waals surface area contributed by atoms with E-state index in [0.29, 0.717) is 0 Å². The van der Waals surface area contributed by atoms with E-state index < -0.39 is 0 Å². The maximum absolute atomic E-state index is 5.72. The second-order valence-electron chi connectivity index (χ2n) is 5.33. The standard InChI is InChI=1S/C17H22N2/c1-12-4-6-16(7-5-12)17(19-18)11-15-9-13(2)8-14(3)10-15/h4-10,17,19H,11,18H2,1-3H3. The molecule has 0 spiro atoms. The molecule has 3 N–H and O–H groups in total. The van der Waals surface area contributed by atoms with Gasteiger partial charge in [0.1, 0.15) is 0 Å². The summed E-state index contributed by atoms with van der Waals surface area (Å²) in [5.41, 5.74) is 9.35. The van der Waals surface area contributed by atoms with Crippen LogP contribution in [0.4, 0.5) is 0 Å². The van der Waals surface area contributed by atoms with Crippen LogP contribution in [0.15, 0.2) is 42.5 Å². The first-order chi connectivity index (χ1) is 9.08. The summed E-state index contributed by atoms with van der Waals surface area (Å²) in [6, 6.07) is 15.3. The first kappa shape index (κ1) is 13.8. The zero-order chi connectivity index (χ0) is 13.8. The largest absolute Gasteiger partial charge is 0.271 e. The molecule has 0 aliphatic heterocycles. The number of rotatable bonds is 4. The van der Waals surface area contributed by atoms with E-state index >= 15 is 0 Å². The number of nitrogens with one attached hydrogen (secondary N) is 1. The van der Waals surface area contributed by atoms with Gasteiger partial charge in [0, 0.05) is 6.04 Å². The van der Waals surface area contributed by atoms with Gasteiger partial charge < -0.3 is 0 Å². The fraction of sp³-hybridized carbons (Fsp3) is 0.294. The first-order valence-electron chi connectivity index (χ1n) is 6.68. The molecule has 2 aromatic rings. The van der Waals surface area contributed by atoms with Crippen LogP contribution in [0.25, 0.3) is 0 Å². The Bertz CT molecular complexity index is 523. The highest BCUT2D eigenvalue weighted by atomic mass is 15.2. The van der Waals surface area contributed by atoms with Gasteiger partial charge in [0.25, 0.3) is 0 Å². The summed E-state index contributed by atoms with van der Waals surface area (Å²) in [5, 5.41) is 0. The lowest BCUT2D eigenvalue weighted by atomic mass is 9.96. The number of hydrogen-bond donors (Lipinski definition) is 2. The minimum absolute atomic E-state index is 0.154. The van der Waals surface area contributed by atoms with E-state index in [1.54, 1.807) is 0 Å². The highest BCUT2D eigenvalue weighted by Crippen LogP contribution is 2.20. The molecule has 2 heteroatoms. The van der Waals surface area contributed by atoms with E-state index in [9.17, 15) is 0 Å². The molecule has 0 amide bonds. The molecule has 0 aliphatic rings. The van der Waals surface area contributed by atoms with Gasteiger partial charge >= 0.3 is 0 Å². The van der Waals surface area contributed by atoms with E-state index in [4.69, 9.17) is 5.84 Å². The lowest BCUT2D eigenvalue weighted by Gasteiger charge is -2.17. The van der Waals surface area contributed by atoms with Crippen molar-refractivity contribution in [2.45, 2.75) is 33.2 Å². The van der Waals surface area contributed by atoms with E-state index in [-0.39, 0.29) is 6.04 Å². The fourth-order valence-electron chi connectivity index (χ4n) is 2.49. The third-order valence-corrected chi connectivity index (χ3v) is 3.40. The van der Waals surface area contributed by atoms with Crippen molar-refractivity contribution in [3.63, 3.8) is 0 Å². The zero-order valence-electron chi connectivity index (χ0n) is 11.9. The molecule has 0 radical (unpaired) electrons. The summed E-state index contributed by atoms with van der Waals surface area (Å²) >= 11 is 0. The number of hydrogen-bond acceptors (Lipinski definition) is 2. The molecule has 0 saturated heterocycles. The third kappa shape index (κ3) is 3.66. The van der Waals surface area contributed by atoms with Crippen molar-refractivity contribution in [3.05, 3.63) is 70.3 Å². The summed E-state index contributed by atoms with van der Waals surface area (Å²) in [6.07, 6.45) is 0.905. The summed E-state index contributed by atoms with van der Waals surface area (Å²) in [7, 11) is 0. The van der Waals surface area contributed by atoms with Crippen LogP contribution in [0.5, 0.6) is 0 Å². The van der Waals surface area contributed by atoms with Crippen LogP contribution >= 0.6 is 0 Å². The number of benzene rings is 2. The highest BCUT2D eigenvalue weighted by Gasteiger charge is 2.10. The second kappa shape index (κ2) is 6.00. The van der Waals surface area contributed by atoms with Gasteiger partial charge in [0.2, 0.25) is 0 Å². The van der Waals surface area contributed by atoms with Crippen molar-refractivity contribution in [2.75, 3.05) is 0 Å². The Morgan fingerprint density at radius 2 is 1.47 bits per heavy atom. The van der Waals surface area contributed by atoms with Gasteiger partial charge in [-0.2, -0.15) is 0 Å². The zero-order valence-corrected chi connectivity index (χ0v) is 11.9. The molecule has 2 nitrogen and oxygen atoms in total. The van der Waals surface area contributed by atoms with Crippen LogP contribution in [0.2, 0.25) is 0 Å². The average Bonchev–Trinajstić information content (AvgIpc) is 2.36. The second-order valence-corrected chi connectivity index (χ2v) is 5.33. The monoisotopic (exact) mass is 254 g/mol. The molecular weight excluding hydrogens is 232 g/mol. The molecule has 0 fully saturated rings. The Balaban J connectivity index is 2.21. The molecule has 0 aromatic heterocycles. The van der Waals surface area contributed by atoms with Crippen LogP contribution < -0.4 is 11.3 Å². The van der Waals surface area contributed by atoms with Crippen LogP contribution in [0, 0.1) is 20.8 Å². The summed E-state index contributed by atoms with van der Waals surface area (Å²) < 4.78 is 0. The molecule has 0 aliphatic carbocycles. The number of hydrazine groups is 1. The number of aryl methyl sites for hydroxylation is 3. The Labute approximate surface area is 115 Å².